The molecule has 0 radical (unpaired) electrons. The number of nitrogens with one attached hydrogen (secondary N) is 1. The molecule has 0 saturated carbocycles. The molecule has 8 nitrogen and oxygen atoms in total. The molecule has 2 heterocycles. The summed E-state index contributed by atoms with van der Waals surface area (Å²) in [5, 5.41) is 8.71. The summed E-state index contributed by atoms with van der Waals surface area (Å²) in [6.45, 7) is 1.48. The molecule has 162 valence electrons. The van der Waals surface area contributed by atoms with Crippen molar-refractivity contribution in [2.24, 2.45) is 5.10 Å². The molecule has 0 aliphatic heterocycles. The fraction of sp³-hybridized carbons (Fsp3) is 0.0909. The summed E-state index contributed by atoms with van der Waals surface area (Å²) in [7, 11) is 0. The second-order valence-corrected chi connectivity index (χ2v) is 7.56. The molecule has 0 aliphatic rings. The van der Waals surface area contributed by atoms with E-state index in [1.807, 2.05) is 6.92 Å². The highest BCUT2D eigenvalue weighted by molar-refractivity contribution is 6.32. The number of carbonyl (C=O) groups is 1. The lowest BCUT2D eigenvalue weighted by molar-refractivity contribution is -0.123. The van der Waals surface area contributed by atoms with E-state index in [9.17, 15) is 9.59 Å². The van der Waals surface area contributed by atoms with E-state index in [1.54, 1.807) is 36.4 Å². The molecule has 0 aliphatic carbocycles. The number of benzene rings is 2. The van der Waals surface area contributed by atoms with Crippen molar-refractivity contribution < 1.29 is 18.5 Å². The number of carbonyl (C=O) groups excluding carboxylic acids is 1. The van der Waals surface area contributed by atoms with E-state index in [1.165, 1.54) is 18.7 Å². The molecule has 0 spiro atoms. The van der Waals surface area contributed by atoms with E-state index >= 15 is 0 Å². The quantitative estimate of drug-likeness (QED) is 0.325. The van der Waals surface area contributed by atoms with E-state index in [2.05, 4.69) is 15.7 Å². The van der Waals surface area contributed by atoms with Gasteiger partial charge in [-0.25, -0.2) is 5.43 Å². The first-order chi connectivity index (χ1) is 15.4. The Bertz CT molecular complexity index is 1380. The Morgan fingerprint density at radius 2 is 2.09 bits per heavy atom. The van der Waals surface area contributed by atoms with Gasteiger partial charge >= 0.3 is 0 Å². The molecule has 1 amide bonds. The van der Waals surface area contributed by atoms with Gasteiger partial charge in [0.2, 0.25) is 5.43 Å². The number of ether oxygens (including phenoxy) is 1. The molecule has 0 saturated heterocycles. The maximum absolute atomic E-state index is 12.6. The van der Waals surface area contributed by atoms with Gasteiger partial charge in [-0.3, -0.25) is 9.59 Å². The maximum atomic E-state index is 12.6. The number of fused-ring (bicyclic) bond motifs is 1. The number of aryl methyl sites for hydroxylation is 1. The van der Waals surface area contributed by atoms with E-state index in [-0.39, 0.29) is 17.6 Å². The Morgan fingerprint density at radius 1 is 1.25 bits per heavy atom. The predicted molar refractivity (Wildman–Crippen MR) is 120 cm³/mol. The van der Waals surface area contributed by atoms with Crippen molar-refractivity contribution in [1.82, 2.24) is 10.6 Å². The van der Waals surface area contributed by atoms with Gasteiger partial charge < -0.3 is 13.7 Å². The summed E-state index contributed by atoms with van der Waals surface area (Å²) in [5.41, 5.74) is 3.90. The van der Waals surface area contributed by atoms with Crippen molar-refractivity contribution in [3.63, 3.8) is 0 Å². The number of aromatic nitrogens is 1. The monoisotopic (exact) mass is 471 g/mol. The van der Waals surface area contributed by atoms with E-state index in [4.69, 9.17) is 36.9 Å². The first-order valence-electron chi connectivity index (χ1n) is 9.29. The Kier molecular flexibility index (Phi) is 6.25. The number of rotatable bonds is 6. The summed E-state index contributed by atoms with van der Waals surface area (Å²) in [5.74, 6) is 0.287. The fourth-order valence-electron chi connectivity index (χ4n) is 2.88. The first-order valence-corrected chi connectivity index (χ1v) is 10.0. The fourth-order valence-corrected chi connectivity index (χ4v) is 3.22. The van der Waals surface area contributed by atoms with Crippen LogP contribution in [-0.4, -0.2) is 23.9 Å². The maximum Gasteiger partial charge on any atom is 0.277 e. The number of nitrogens with zero attached hydrogens (tertiary/aromatic N) is 2. The van der Waals surface area contributed by atoms with E-state index in [0.29, 0.717) is 38.1 Å². The van der Waals surface area contributed by atoms with Crippen LogP contribution in [0, 0.1) is 6.92 Å². The molecular weight excluding hydrogens is 457 g/mol. The Morgan fingerprint density at radius 3 is 2.88 bits per heavy atom. The highest BCUT2D eigenvalue weighted by Gasteiger charge is 2.13. The van der Waals surface area contributed by atoms with E-state index in [0.717, 1.165) is 5.56 Å². The Labute approximate surface area is 191 Å². The lowest BCUT2D eigenvalue weighted by Crippen LogP contribution is -2.25. The molecule has 10 heteroatoms. The number of amides is 1. The first kappa shape index (κ1) is 21.6. The highest BCUT2D eigenvalue weighted by Crippen LogP contribution is 2.32. The van der Waals surface area contributed by atoms with Crippen LogP contribution in [0.5, 0.6) is 5.75 Å². The smallest absolute Gasteiger partial charge is 0.277 e. The van der Waals surface area contributed by atoms with Gasteiger partial charge in [0.05, 0.1) is 28.9 Å². The third-order valence-electron chi connectivity index (χ3n) is 4.48. The lowest BCUT2D eigenvalue weighted by atomic mass is 10.1. The normalized spacial score (nSPS) is 11.2. The highest BCUT2D eigenvalue weighted by atomic mass is 35.5. The van der Waals surface area contributed by atoms with Crippen molar-refractivity contribution >= 4 is 46.3 Å². The summed E-state index contributed by atoms with van der Waals surface area (Å²) < 4.78 is 16.2. The van der Waals surface area contributed by atoms with Crippen LogP contribution >= 0.6 is 23.2 Å². The second kappa shape index (κ2) is 9.25. The average Bonchev–Trinajstić information content (AvgIpc) is 3.31. The van der Waals surface area contributed by atoms with Gasteiger partial charge in [0.1, 0.15) is 17.6 Å². The number of halogens is 2. The van der Waals surface area contributed by atoms with Gasteiger partial charge in [-0.1, -0.05) is 28.4 Å². The van der Waals surface area contributed by atoms with Crippen molar-refractivity contribution in [3.8, 4) is 17.1 Å². The molecule has 0 atom stereocenters. The topological polar surface area (TPSA) is 107 Å². The predicted octanol–water partition coefficient (Wildman–Crippen LogP) is 4.59. The number of hydrogen-bond donors (Lipinski definition) is 1. The third kappa shape index (κ3) is 4.66. The van der Waals surface area contributed by atoms with Crippen LogP contribution in [0.4, 0.5) is 0 Å². The third-order valence-corrected chi connectivity index (χ3v) is 5.12. The molecule has 2 aromatic heterocycles. The zero-order valence-corrected chi connectivity index (χ0v) is 18.1. The zero-order valence-electron chi connectivity index (χ0n) is 16.6. The SMILES string of the molecule is Cc1cc2occ(/C=N/NC(=O)COc3ccc(Cl)cc3-c3ccno3)c(=O)c2cc1Cl. The molecular formula is C22H15Cl2N3O5. The van der Waals surface area contributed by atoms with Gasteiger partial charge in [-0.2, -0.15) is 5.10 Å². The Balaban J connectivity index is 1.43. The standard InChI is InChI=1S/C22H15Cl2N3O5/c1-12-6-20-16(8-17(12)24)22(29)13(10-30-20)9-25-27-21(28)11-31-18-3-2-14(23)7-15(18)19-4-5-26-32-19/h2-10H,11H2,1H3,(H,27,28)/b25-9+. The van der Waals surface area contributed by atoms with Crippen LogP contribution in [-0.2, 0) is 4.79 Å². The van der Waals surface area contributed by atoms with Gasteiger partial charge in [-0.15, -0.1) is 0 Å². The van der Waals surface area contributed by atoms with Crippen LogP contribution in [0.2, 0.25) is 10.0 Å². The zero-order chi connectivity index (χ0) is 22.7. The molecule has 0 fully saturated rings. The van der Waals surface area contributed by atoms with Crippen LogP contribution < -0.4 is 15.6 Å². The van der Waals surface area contributed by atoms with Crippen molar-refractivity contribution in [1.29, 1.82) is 0 Å². The van der Waals surface area contributed by atoms with Crippen molar-refractivity contribution in [2.75, 3.05) is 6.61 Å². The second-order valence-electron chi connectivity index (χ2n) is 6.72. The van der Waals surface area contributed by atoms with Crippen LogP contribution in [0.15, 0.2) is 67.7 Å². The van der Waals surface area contributed by atoms with Gasteiger partial charge in [0.25, 0.3) is 5.91 Å². The van der Waals surface area contributed by atoms with Gasteiger partial charge in [0, 0.05) is 16.1 Å². The molecule has 4 rings (SSSR count). The van der Waals surface area contributed by atoms with E-state index < -0.39 is 5.91 Å². The molecule has 4 aromatic rings. The van der Waals surface area contributed by atoms with Crippen LogP contribution in [0.25, 0.3) is 22.3 Å². The summed E-state index contributed by atoms with van der Waals surface area (Å²) in [6.07, 6.45) is 3.95. The summed E-state index contributed by atoms with van der Waals surface area (Å²) >= 11 is 12.1. The molecule has 2 aromatic carbocycles. The van der Waals surface area contributed by atoms with Crippen LogP contribution in [0.3, 0.4) is 0 Å². The lowest BCUT2D eigenvalue weighted by Gasteiger charge is -2.09. The largest absolute Gasteiger partial charge is 0.483 e. The van der Waals surface area contributed by atoms with Crippen molar-refractivity contribution in [3.05, 3.63) is 80.3 Å². The molecule has 32 heavy (non-hydrogen) atoms. The minimum Gasteiger partial charge on any atom is -0.483 e. The average molecular weight is 472 g/mol. The number of hydrazone groups is 1. The minimum atomic E-state index is -0.538. The molecule has 1 N–H and O–H groups in total. The minimum absolute atomic E-state index is 0.156. The summed E-state index contributed by atoms with van der Waals surface area (Å²) in [4.78, 5) is 24.7. The number of hydrogen-bond acceptors (Lipinski definition) is 7. The Hall–Kier alpha value is -3.62. The summed E-state index contributed by atoms with van der Waals surface area (Å²) in [6, 6.07) is 9.75. The molecule has 0 unspecified atom stereocenters. The van der Waals surface area contributed by atoms with Gasteiger partial charge in [-0.05, 0) is 42.8 Å². The van der Waals surface area contributed by atoms with Crippen molar-refractivity contribution in [2.45, 2.75) is 6.92 Å². The molecule has 0 bridgehead atoms. The van der Waals surface area contributed by atoms with Gasteiger partial charge in [0.15, 0.2) is 12.4 Å². The van der Waals surface area contributed by atoms with Crippen LogP contribution in [0.1, 0.15) is 11.1 Å².